The third-order valence-electron chi connectivity index (χ3n) is 7.86. The standard InChI is InChI=1S/C32H39N5O5/c1-3-29-33-14-17-36(29)16-13-32(40)37-15-12-28-27(20-37)34-30(38)21-35(2)31(39)11-10-23-6-4-8-25(18-23)42-26-9-5-7-24(19-26)22-41-28/h4-9,14,17-19,27-28H,3,10-13,15-16,20-22H2,1-2H3,(H,34,38)/t27-,28+/m0/s1. The van der Waals surface area contributed by atoms with Gasteiger partial charge in [-0.25, -0.2) is 4.98 Å². The first-order chi connectivity index (χ1) is 20.4. The number of aromatic nitrogens is 2. The van der Waals surface area contributed by atoms with Gasteiger partial charge in [0.25, 0.3) is 0 Å². The van der Waals surface area contributed by atoms with Gasteiger partial charge in [-0.2, -0.15) is 0 Å². The Balaban J connectivity index is 1.31. The van der Waals surface area contributed by atoms with Crippen molar-refractivity contribution in [3.05, 3.63) is 77.9 Å². The topological polar surface area (TPSA) is 106 Å². The van der Waals surface area contributed by atoms with Crippen LogP contribution in [0.25, 0.3) is 0 Å². The Kier molecular flexibility index (Phi) is 9.53. The molecule has 0 spiro atoms. The van der Waals surface area contributed by atoms with E-state index < -0.39 is 6.04 Å². The summed E-state index contributed by atoms with van der Waals surface area (Å²) in [5, 5.41) is 3.07. The van der Waals surface area contributed by atoms with Crippen molar-refractivity contribution in [2.45, 2.75) is 64.3 Å². The Labute approximate surface area is 246 Å². The highest BCUT2D eigenvalue weighted by atomic mass is 16.5. The number of likely N-dealkylation sites (tertiary alicyclic amines) is 1. The second kappa shape index (κ2) is 13.7. The summed E-state index contributed by atoms with van der Waals surface area (Å²) in [5.74, 6) is 1.97. The van der Waals surface area contributed by atoms with Gasteiger partial charge in [-0.15, -0.1) is 0 Å². The highest BCUT2D eigenvalue weighted by molar-refractivity contribution is 5.85. The summed E-state index contributed by atoms with van der Waals surface area (Å²) >= 11 is 0. The van der Waals surface area contributed by atoms with Crippen LogP contribution in [0.3, 0.4) is 0 Å². The highest BCUT2D eigenvalue weighted by Gasteiger charge is 2.33. The van der Waals surface area contributed by atoms with E-state index in [1.807, 2.05) is 66.2 Å². The molecule has 222 valence electrons. The second-order valence-corrected chi connectivity index (χ2v) is 10.9. The Morgan fingerprint density at radius 3 is 2.62 bits per heavy atom. The minimum atomic E-state index is -0.406. The number of amides is 3. The SMILES string of the molecule is CCc1nccn1CCC(=O)N1CC[C@H]2OCc3cccc(c3)Oc3cccc(c3)CCC(=O)N(C)CC(=O)N[C@H]2C1. The van der Waals surface area contributed by atoms with E-state index in [1.54, 1.807) is 18.1 Å². The van der Waals surface area contributed by atoms with Crippen LogP contribution in [-0.4, -0.2) is 75.9 Å². The van der Waals surface area contributed by atoms with Gasteiger partial charge in [-0.1, -0.05) is 31.2 Å². The third kappa shape index (κ3) is 7.55. The summed E-state index contributed by atoms with van der Waals surface area (Å²) in [6.07, 6.45) is 5.91. The number of hydrogen-bond acceptors (Lipinski definition) is 6. The van der Waals surface area contributed by atoms with Crippen molar-refractivity contribution in [1.82, 2.24) is 24.7 Å². The number of nitrogens with one attached hydrogen (secondary N) is 1. The lowest BCUT2D eigenvalue weighted by atomic mass is 10.0. The van der Waals surface area contributed by atoms with E-state index in [9.17, 15) is 14.4 Å². The van der Waals surface area contributed by atoms with E-state index in [1.165, 1.54) is 4.90 Å². The quantitative estimate of drug-likeness (QED) is 0.513. The molecule has 42 heavy (non-hydrogen) atoms. The molecular weight excluding hydrogens is 534 g/mol. The Morgan fingerprint density at radius 1 is 1.07 bits per heavy atom. The van der Waals surface area contributed by atoms with Gasteiger partial charge >= 0.3 is 0 Å². The summed E-state index contributed by atoms with van der Waals surface area (Å²) in [6, 6.07) is 15.0. The second-order valence-electron chi connectivity index (χ2n) is 10.9. The summed E-state index contributed by atoms with van der Waals surface area (Å²) in [5.41, 5.74) is 1.93. The number of benzene rings is 2. The van der Waals surface area contributed by atoms with Crippen LogP contribution in [0.5, 0.6) is 11.5 Å². The van der Waals surface area contributed by atoms with Crippen LogP contribution in [0.2, 0.25) is 0 Å². The largest absolute Gasteiger partial charge is 0.457 e. The molecular formula is C32H39N5O5. The van der Waals surface area contributed by atoms with E-state index in [2.05, 4.69) is 10.3 Å². The summed E-state index contributed by atoms with van der Waals surface area (Å²) in [4.78, 5) is 46.7. The van der Waals surface area contributed by atoms with Crippen molar-refractivity contribution in [3.63, 3.8) is 0 Å². The number of hydrogen-bond donors (Lipinski definition) is 1. The van der Waals surface area contributed by atoms with Crippen molar-refractivity contribution in [1.29, 1.82) is 0 Å². The molecule has 3 amide bonds. The van der Waals surface area contributed by atoms with Crippen LogP contribution in [0.4, 0.5) is 0 Å². The number of aryl methyl sites for hydroxylation is 3. The molecule has 1 saturated heterocycles. The first-order valence-corrected chi connectivity index (χ1v) is 14.7. The van der Waals surface area contributed by atoms with E-state index in [4.69, 9.17) is 9.47 Å². The molecule has 2 aliphatic rings. The molecule has 2 aromatic carbocycles. The molecule has 4 bridgehead atoms. The van der Waals surface area contributed by atoms with Crippen molar-refractivity contribution < 1.29 is 23.9 Å². The Bertz CT molecular complexity index is 1410. The van der Waals surface area contributed by atoms with Crippen molar-refractivity contribution in [3.8, 4) is 11.5 Å². The van der Waals surface area contributed by atoms with Gasteiger partial charge in [0, 0.05) is 58.3 Å². The van der Waals surface area contributed by atoms with Crippen LogP contribution in [0.15, 0.2) is 60.9 Å². The predicted molar refractivity (Wildman–Crippen MR) is 157 cm³/mol. The number of piperidine rings is 1. The van der Waals surface area contributed by atoms with Crippen molar-refractivity contribution >= 4 is 17.7 Å². The summed E-state index contributed by atoms with van der Waals surface area (Å²) < 4.78 is 14.5. The lowest BCUT2D eigenvalue weighted by molar-refractivity contribution is -0.138. The molecule has 3 aromatic rings. The van der Waals surface area contributed by atoms with Crippen molar-refractivity contribution in [2.24, 2.45) is 0 Å². The monoisotopic (exact) mass is 573 g/mol. The van der Waals surface area contributed by atoms with E-state index in [0.29, 0.717) is 57.0 Å². The number of carbonyl (C=O) groups excluding carboxylic acids is 3. The van der Waals surface area contributed by atoms with Crippen LogP contribution < -0.4 is 10.1 Å². The minimum Gasteiger partial charge on any atom is -0.457 e. The zero-order chi connectivity index (χ0) is 29.5. The number of carbonyl (C=O) groups is 3. The Hall–Kier alpha value is -4.18. The molecule has 1 fully saturated rings. The molecule has 1 N–H and O–H groups in total. The fourth-order valence-corrected chi connectivity index (χ4v) is 5.53. The number of imidazole rings is 1. The van der Waals surface area contributed by atoms with E-state index in [-0.39, 0.29) is 36.8 Å². The van der Waals surface area contributed by atoms with Gasteiger partial charge in [0.2, 0.25) is 17.7 Å². The normalized spacial score (nSPS) is 20.1. The van der Waals surface area contributed by atoms with Gasteiger partial charge in [0.15, 0.2) is 0 Å². The predicted octanol–water partition coefficient (Wildman–Crippen LogP) is 3.34. The molecule has 0 unspecified atom stereocenters. The van der Waals surface area contributed by atoms with Gasteiger partial charge in [-0.05, 0) is 48.2 Å². The number of fused-ring (bicyclic) bond motifs is 5. The van der Waals surface area contributed by atoms with Crippen LogP contribution >= 0.6 is 0 Å². The third-order valence-corrected chi connectivity index (χ3v) is 7.86. The van der Waals surface area contributed by atoms with Crippen LogP contribution in [0, 0.1) is 0 Å². The van der Waals surface area contributed by atoms with Gasteiger partial charge in [-0.3, -0.25) is 14.4 Å². The molecule has 0 saturated carbocycles. The average molecular weight is 574 g/mol. The number of nitrogens with zero attached hydrogens (tertiary/aromatic N) is 4. The molecule has 10 nitrogen and oxygen atoms in total. The number of rotatable bonds is 4. The lowest BCUT2D eigenvalue weighted by Gasteiger charge is -2.39. The van der Waals surface area contributed by atoms with Crippen LogP contribution in [-0.2, 0) is 45.1 Å². The molecule has 10 heteroatoms. The molecule has 5 rings (SSSR count). The van der Waals surface area contributed by atoms with Crippen LogP contribution in [0.1, 0.15) is 43.1 Å². The molecule has 2 aliphatic heterocycles. The maximum absolute atomic E-state index is 13.2. The molecule has 1 aromatic heterocycles. The molecule has 3 heterocycles. The van der Waals surface area contributed by atoms with Crippen molar-refractivity contribution in [2.75, 3.05) is 26.7 Å². The molecule has 0 aliphatic carbocycles. The summed E-state index contributed by atoms with van der Waals surface area (Å²) in [7, 11) is 1.64. The Morgan fingerprint density at radius 2 is 1.83 bits per heavy atom. The number of likely N-dealkylation sites (N-methyl/N-ethyl adjacent to an activating group) is 1. The zero-order valence-electron chi connectivity index (χ0n) is 24.3. The number of ether oxygens (including phenoxy) is 2. The minimum absolute atomic E-state index is 0.0262. The van der Waals surface area contributed by atoms with E-state index in [0.717, 1.165) is 23.4 Å². The van der Waals surface area contributed by atoms with Gasteiger partial charge < -0.3 is 29.2 Å². The van der Waals surface area contributed by atoms with Gasteiger partial charge in [0.1, 0.15) is 17.3 Å². The fourth-order valence-electron chi connectivity index (χ4n) is 5.53. The molecule has 0 radical (unpaired) electrons. The first-order valence-electron chi connectivity index (χ1n) is 14.7. The first kappa shape index (κ1) is 29.3. The van der Waals surface area contributed by atoms with Gasteiger partial charge in [0.05, 0.1) is 25.3 Å². The summed E-state index contributed by atoms with van der Waals surface area (Å²) in [6.45, 7) is 3.75. The average Bonchev–Trinajstić information content (AvgIpc) is 3.45. The van der Waals surface area contributed by atoms with E-state index >= 15 is 0 Å². The maximum Gasteiger partial charge on any atom is 0.239 e. The smallest absolute Gasteiger partial charge is 0.239 e. The zero-order valence-corrected chi connectivity index (χ0v) is 24.3. The highest BCUT2D eigenvalue weighted by Crippen LogP contribution is 2.25. The molecule has 2 atom stereocenters. The maximum atomic E-state index is 13.2. The lowest BCUT2D eigenvalue weighted by Crippen LogP contribution is -2.58. The fraction of sp³-hybridized carbons (Fsp3) is 0.438.